The van der Waals surface area contributed by atoms with Crippen LogP contribution in [0.2, 0.25) is 0 Å². The highest BCUT2D eigenvalue weighted by Crippen LogP contribution is 1.97. The van der Waals surface area contributed by atoms with E-state index in [9.17, 15) is 9.59 Å². The van der Waals surface area contributed by atoms with Gasteiger partial charge in [-0.25, -0.2) is 0 Å². The van der Waals surface area contributed by atoms with Crippen LogP contribution in [0.25, 0.3) is 0 Å². The van der Waals surface area contributed by atoms with Crippen molar-refractivity contribution < 1.29 is 9.59 Å². The number of hydrogen-bond donors (Lipinski definition) is 2. The Labute approximate surface area is 111 Å². The normalized spacial score (nSPS) is 10.4. The molecule has 2 amide bonds. The highest BCUT2D eigenvalue weighted by atomic mass is 16.2. The van der Waals surface area contributed by atoms with E-state index in [1.54, 1.807) is 0 Å². The Kier molecular flexibility index (Phi) is 10.4. The minimum absolute atomic E-state index is 0.0230. The molecule has 4 heteroatoms. The lowest BCUT2D eigenvalue weighted by Gasteiger charge is -2.07. The van der Waals surface area contributed by atoms with Gasteiger partial charge in [-0.3, -0.25) is 9.59 Å². The fraction of sp³-hybridized carbons (Fsp3) is 0.857. The average Bonchev–Trinajstić information content (AvgIpc) is 2.31. The second-order valence-corrected chi connectivity index (χ2v) is 5.09. The van der Waals surface area contributed by atoms with Crippen LogP contribution in [0.15, 0.2) is 0 Å². The van der Waals surface area contributed by atoms with Gasteiger partial charge in [0.1, 0.15) is 0 Å². The van der Waals surface area contributed by atoms with Gasteiger partial charge in [-0.15, -0.1) is 0 Å². The van der Waals surface area contributed by atoms with Gasteiger partial charge in [-0.2, -0.15) is 0 Å². The summed E-state index contributed by atoms with van der Waals surface area (Å²) in [6.07, 6.45) is 4.86. The van der Waals surface area contributed by atoms with Crippen LogP contribution in [0.3, 0.4) is 0 Å². The van der Waals surface area contributed by atoms with Gasteiger partial charge in [0.15, 0.2) is 0 Å². The number of hydrogen-bond acceptors (Lipinski definition) is 2. The van der Waals surface area contributed by atoms with Crippen molar-refractivity contribution in [3.05, 3.63) is 0 Å². The molecule has 2 N–H and O–H groups in total. The molecule has 0 fully saturated rings. The van der Waals surface area contributed by atoms with Crippen LogP contribution in [0.4, 0.5) is 0 Å². The molecule has 0 aliphatic heterocycles. The van der Waals surface area contributed by atoms with Gasteiger partial charge in [-0.1, -0.05) is 33.6 Å². The van der Waals surface area contributed by atoms with E-state index in [-0.39, 0.29) is 18.2 Å². The van der Waals surface area contributed by atoms with E-state index in [0.29, 0.717) is 18.9 Å². The predicted molar refractivity (Wildman–Crippen MR) is 74.2 cm³/mol. The molecule has 0 aliphatic carbocycles. The SMILES string of the molecule is CCCCCNC(=O)CCC(=O)NCCC(C)C. The monoisotopic (exact) mass is 256 g/mol. The van der Waals surface area contributed by atoms with Crippen molar-refractivity contribution in [3.8, 4) is 0 Å². The fourth-order valence-electron chi connectivity index (χ4n) is 1.51. The Morgan fingerprint density at radius 3 is 2.00 bits per heavy atom. The van der Waals surface area contributed by atoms with E-state index in [1.807, 2.05) is 0 Å². The molecule has 0 aromatic carbocycles. The zero-order valence-electron chi connectivity index (χ0n) is 12.1. The van der Waals surface area contributed by atoms with E-state index in [2.05, 4.69) is 31.4 Å². The van der Waals surface area contributed by atoms with Gasteiger partial charge in [-0.05, 0) is 18.8 Å². The molecule has 18 heavy (non-hydrogen) atoms. The summed E-state index contributed by atoms with van der Waals surface area (Å²) in [4.78, 5) is 22.8. The van der Waals surface area contributed by atoms with Gasteiger partial charge < -0.3 is 10.6 Å². The minimum atomic E-state index is -0.0284. The van der Waals surface area contributed by atoms with E-state index >= 15 is 0 Å². The summed E-state index contributed by atoms with van der Waals surface area (Å²) in [5.41, 5.74) is 0. The van der Waals surface area contributed by atoms with Crippen molar-refractivity contribution >= 4 is 11.8 Å². The Balaban J connectivity index is 3.44. The second kappa shape index (κ2) is 11.1. The Hall–Kier alpha value is -1.06. The van der Waals surface area contributed by atoms with E-state index in [4.69, 9.17) is 0 Å². The molecule has 0 saturated heterocycles. The Morgan fingerprint density at radius 2 is 1.50 bits per heavy atom. The summed E-state index contributed by atoms with van der Waals surface area (Å²) in [6, 6.07) is 0. The summed E-state index contributed by atoms with van der Waals surface area (Å²) in [5, 5.41) is 5.66. The van der Waals surface area contributed by atoms with Gasteiger partial charge in [0.2, 0.25) is 11.8 Å². The van der Waals surface area contributed by atoms with Crippen LogP contribution in [0.1, 0.15) is 59.3 Å². The van der Waals surface area contributed by atoms with Crippen LogP contribution in [0.5, 0.6) is 0 Å². The molecule has 0 spiro atoms. The van der Waals surface area contributed by atoms with Crippen LogP contribution in [-0.2, 0) is 9.59 Å². The smallest absolute Gasteiger partial charge is 0.220 e. The highest BCUT2D eigenvalue weighted by Gasteiger charge is 2.06. The van der Waals surface area contributed by atoms with Crippen molar-refractivity contribution in [2.45, 2.75) is 59.3 Å². The Morgan fingerprint density at radius 1 is 0.944 bits per heavy atom. The maximum atomic E-state index is 11.4. The van der Waals surface area contributed by atoms with Crippen LogP contribution in [0, 0.1) is 5.92 Å². The first-order valence-corrected chi connectivity index (χ1v) is 7.09. The summed E-state index contributed by atoms with van der Waals surface area (Å²) in [5.74, 6) is 0.539. The molecule has 0 radical (unpaired) electrons. The van der Waals surface area contributed by atoms with Crippen molar-refractivity contribution in [3.63, 3.8) is 0 Å². The van der Waals surface area contributed by atoms with Gasteiger partial charge in [0.05, 0.1) is 0 Å². The lowest BCUT2D eigenvalue weighted by atomic mass is 10.1. The molecule has 4 nitrogen and oxygen atoms in total. The summed E-state index contributed by atoms with van der Waals surface area (Å²) in [7, 11) is 0. The first-order chi connectivity index (χ1) is 8.56. The van der Waals surface area contributed by atoms with E-state index < -0.39 is 0 Å². The van der Waals surface area contributed by atoms with Crippen molar-refractivity contribution in [1.82, 2.24) is 10.6 Å². The molecule has 0 aromatic rings. The lowest BCUT2D eigenvalue weighted by Crippen LogP contribution is -2.29. The zero-order valence-corrected chi connectivity index (χ0v) is 12.1. The topological polar surface area (TPSA) is 58.2 Å². The van der Waals surface area contributed by atoms with Gasteiger partial charge in [0, 0.05) is 25.9 Å². The standard InChI is InChI=1S/C14H28N2O2/c1-4-5-6-10-15-13(17)7-8-14(18)16-11-9-12(2)3/h12H,4-11H2,1-3H3,(H,15,17)(H,16,18). The molecular formula is C14H28N2O2. The largest absolute Gasteiger partial charge is 0.356 e. The molecule has 0 bridgehead atoms. The molecule has 0 aromatic heterocycles. The summed E-state index contributed by atoms with van der Waals surface area (Å²) < 4.78 is 0. The number of nitrogens with one attached hydrogen (secondary N) is 2. The van der Waals surface area contributed by atoms with E-state index in [1.165, 1.54) is 0 Å². The fourth-order valence-corrected chi connectivity index (χ4v) is 1.51. The van der Waals surface area contributed by atoms with Crippen molar-refractivity contribution in [2.24, 2.45) is 5.92 Å². The third-order valence-corrected chi connectivity index (χ3v) is 2.73. The lowest BCUT2D eigenvalue weighted by molar-refractivity contribution is -0.126. The number of rotatable bonds is 10. The van der Waals surface area contributed by atoms with Crippen LogP contribution >= 0.6 is 0 Å². The van der Waals surface area contributed by atoms with Crippen LogP contribution in [-0.4, -0.2) is 24.9 Å². The maximum absolute atomic E-state index is 11.4. The average molecular weight is 256 g/mol. The molecular weight excluding hydrogens is 228 g/mol. The minimum Gasteiger partial charge on any atom is -0.356 e. The first-order valence-electron chi connectivity index (χ1n) is 7.09. The second-order valence-electron chi connectivity index (χ2n) is 5.09. The van der Waals surface area contributed by atoms with Crippen LogP contribution < -0.4 is 10.6 Å². The van der Waals surface area contributed by atoms with Crippen molar-refractivity contribution in [2.75, 3.05) is 13.1 Å². The van der Waals surface area contributed by atoms with E-state index in [0.717, 1.165) is 32.2 Å². The predicted octanol–water partition coefficient (Wildman–Crippen LogP) is 2.24. The number of amides is 2. The Bertz CT molecular complexity index is 240. The first kappa shape index (κ1) is 16.9. The molecule has 0 atom stereocenters. The molecule has 0 rings (SSSR count). The molecule has 0 saturated carbocycles. The van der Waals surface area contributed by atoms with Gasteiger partial charge >= 0.3 is 0 Å². The number of carbonyl (C=O) groups is 2. The molecule has 0 aliphatic rings. The zero-order chi connectivity index (χ0) is 13.8. The maximum Gasteiger partial charge on any atom is 0.220 e. The van der Waals surface area contributed by atoms with Gasteiger partial charge in [0.25, 0.3) is 0 Å². The third-order valence-electron chi connectivity index (χ3n) is 2.73. The van der Waals surface area contributed by atoms with Crippen molar-refractivity contribution in [1.29, 1.82) is 0 Å². The molecule has 0 unspecified atom stereocenters. The third kappa shape index (κ3) is 11.4. The highest BCUT2D eigenvalue weighted by molar-refractivity contribution is 5.83. The molecule has 106 valence electrons. The summed E-state index contributed by atoms with van der Waals surface area (Å²) >= 11 is 0. The molecule has 0 heterocycles. The number of carbonyl (C=O) groups excluding carboxylic acids is 2. The summed E-state index contributed by atoms with van der Waals surface area (Å²) in [6.45, 7) is 7.80. The number of unbranched alkanes of at least 4 members (excludes halogenated alkanes) is 2. The quantitative estimate of drug-likeness (QED) is 0.589.